The SMILES string of the molecule is COc1ccc(NC(=O)C(OC(=O)CCc2ncc(-c3ccc(F)cc3)o2)c2ccccc2)cc1. The first-order valence-electron chi connectivity index (χ1n) is 10.9. The van der Waals surface area contributed by atoms with Crippen LogP contribution in [-0.2, 0) is 20.7 Å². The van der Waals surface area contributed by atoms with Crippen LogP contribution in [0.4, 0.5) is 10.1 Å². The minimum atomic E-state index is -1.13. The second kappa shape index (κ2) is 11.1. The summed E-state index contributed by atoms with van der Waals surface area (Å²) in [5.74, 6) is 0.0488. The zero-order valence-electron chi connectivity index (χ0n) is 18.9. The molecule has 4 rings (SSSR count). The van der Waals surface area contributed by atoms with Crippen molar-refractivity contribution in [1.82, 2.24) is 4.98 Å². The van der Waals surface area contributed by atoms with Gasteiger partial charge in [0, 0.05) is 23.2 Å². The van der Waals surface area contributed by atoms with E-state index in [-0.39, 0.29) is 18.7 Å². The molecule has 3 aromatic carbocycles. The van der Waals surface area contributed by atoms with Crippen LogP contribution >= 0.6 is 0 Å². The maximum Gasteiger partial charge on any atom is 0.307 e. The number of hydrogen-bond acceptors (Lipinski definition) is 6. The van der Waals surface area contributed by atoms with Crippen molar-refractivity contribution in [3.8, 4) is 17.1 Å². The number of amides is 1. The monoisotopic (exact) mass is 474 g/mol. The predicted octanol–water partition coefficient (Wildman–Crippen LogP) is 5.35. The van der Waals surface area contributed by atoms with Crippen LogP contribution in [0.25, 0.3) is 11.3 Å². The molecule has 1 N–H and O–H groups in total. The lowest BCUT2D eigenvalue weighted by atomic mass is 10.1. The number of nitrogens with one attached hydrogen (secondary N) is 1. The zero-order valence-corrected chi connectivity index (χ0v) is 18.9. The molecule has 0 aliphatic carbocycles. The number of ether oxygens (including phenoxy) is 2. The van der Waals surface area contributed by atoms with E-state index in [2.05, 4.69) is 10.3 Å². The first kappa shape index (κ1) is 23.7. The molecule has 4 aromatic rings. The fraction of sp³-hybridized carbons (Fsp3) is 0.148. The Bertz CT molecular complexity index is 1270. The fourth-order valence-electron chi connectivity index (χ4n) is 3.36. The molecule has 1 heterocycles. The van der Waals surface area contributed by atoms with Crippen molar-refractivity contribution in [2.75, 3.05) is 12.4 Å². The molecule has 7 nitrogen and oxygen atoms in total. The third-order valence-electron chi connectivity index (χ3n) is 5.17. The summed E-state index contributed by atoms with van der Waals surface area (Å²) in [6, 6.07) is 21.4. The molecular formula is C27H23FN2O5. The fourth-order valence-corrected chi connectivity index (χ4v) is 3.36. The number of halogens is 1. The Kier molecular flexibility index (Phi) is 7.52. The molecule has 1 aromatic heterocycles. The van der Waals surface area contributed by atoms with Crippen molar-refractivity contribution in [3.63, 3.8) is 0 Å². The van der Waals surface area contributed by atoms with Gasteiger partial charge in [-0.2, -0.15) is 0 Å². The second-order valence-corrected chi connectivity index (χ2v) is 7.62. The topological polar surface area (TPSA) is 90.7 Å². The van der Waals surface area contributed by atoms with E-state index in [4.69, 9.17) is 13.9 Å². The van der Waals surface area contributed by atoms with Crippen LogP contribution < -0.4 is 10.1 Å². The minimum absolute atomic E-state index is 0.0392. The summed E-state index contributed by atoms with van der Waals surface area (Å²) in [5, 5.41) is 2.77. The Morgan fingerprint density at radius 1 is 1.00 bits per heavy atom. The van der Waals surface area contributed by atoms with Gasteiger partial charge < -0.3 is 19.2 Å². The van der Waals surface area contributed by atoms with E-state index in [1.54, 1.807) is 67.8 Å². The Hall–Kier alpha value is -4.46. The van der Waals surface area contributed by atoms with Crippen molar-refractivity contribution in [3.05, 3.63) is 102 Å². The molecule has 0 bridgehead atoms. The molecule has 0 aliphatic rings. The van der Waals surface area contributed by atoms with E-state index in [0.29, 0.717) is 34.2 Å². The second-order valence-electron chi connectivity index (χ2n) is 7.62. The Labute approximate surface area is 201 Å². The summed E-state index contributed by atoms with van der Waals surface area (Å²) in [6.07, 6.45) is 0.526. The van der Waals surface area contributed by atoms with Gasteiger partial charge in [-0.3, -0.25) is 9.59 Å². The minimum Gasteiger partial charge on any atom is -0.497 e. The Morgan fingerprint density at radius 2 is 1.71 bits per heavy atom. The molecule has 8 heteroatoms. The number of carbonyl (C=O) groups is 2. The highest BCUT2D eigenvalue weighted by atomic mass is 19.1. The molecule has 0 saturated carbocycles. The van der Waals surface area contributed by atoms with Gasteiger partial charge in [-0.15, -0.1) is 0 Å². The highest BCUT2D eigenvalue weighted by Gasteiger charge is 2.25. The Morgan fingerprint density at radius 3 is 2.40 bits per heavy atom. The number of aryl methyl sites for hydroxylation is 1. The Balaban J connectivity index is 1.40. The number of anilines is 1. The van der Waals surface area contributed by atoms with Gasteiger partial charge in [-0.05, 0) is 48.5 Å². The summed E-state index contributed by atoms with van der Waals surface area (Å²) in [4.78, 5) is 29.8. The number of hydrogen-bond donors (Lipinski definition) is 1. The number of benzene rings is 3. The van der Waals surface area contributed by atoms with Gasteiger partial charge in [0.25, 0.3) is 5.91 Å². The number of aromatic nitrogens is 1. The van der Waals surface area contributed by atoms with Gasteiger partial charge in [-0.1, -0.05) is 30.3 Å². The molecular weight excluding hydrogens is 451 g/mol. The lowest BCUT2D eigenvalue weighted by Gasteiger charge is -2.18. The molecule has 1 atom stereocenters. The first-order valence-corrected chi connectivity index (χ1v) is 10.9. The lowest BCUT2D eigenvalue weighted by Crippen LogP contribution is -2.26. The van der Waals surface area contributed by atoms with Crippen molar-refractivity contribution in [2.45, 2.75) is 18.9 Å². The maximum absolute atomic E-state index is 13.1. The average molecular weight is 474 g/mol. The first-order chi connectivity index (χ1) is 17.0. The van der Waals surface area contributed by atoms with E-state index in [0.717, 1.165) is 0 Å². The zero-order chi connectivity index (χ0) is 24.6. The molecule has 0 spiro atoms. The van der Waals surface area contributed by atoms with Crippen LogP contribution in [0.2, 0.25) is 0 Å². The van der Waals surface area contributed by atoms with Gasteiger partial charge in [0.15, 0.2) is 11.7 Å². The molecule has 0 aliphatic heterocycles. The van der Waals surface area contributed by atoms with Gasteiger partial charge in [0.05, 0.1) is 19.7 Å². The van der Waals surface area contributed by atoms with Gasteiger partial charge in [0.2, 0.25) is 6.10 Å². The van der Waals surface area contributed by atoms with Crippen LogP contribution in [0, 0.1) is 5.82 Å². The van der Waals surface area contributed by atoms with Gasteiger partial charge >= 0.3 is 5.97 Å². The lowest BCUT2D eigenvalue weighted by molar-refractivity contribution is -0.154. The van der Waals surface area contributed by atoms with Crippen molar-refractivity contribution in [1.29, 1.82) is 0 Å². The summed E-state index contributed by atoms with van der Waals surface area (Å²) in [6.45, 7) is 0. The standard InChI is InChI=1S/C27H23FN2O5/c1-33-22-13-11-21(12-14-22)30-27(32)26(19-5-3-2-4-6-19)35-25(31)16-15-24-29-17-23(34-24)18-7-9-20(28)10-8-18/h2-14,17,26H,15-16H2,1H3,(H,30,32). The van der Waals surface area contributed by atoms with Crippen LogP contribution in [-0.4, -0.2) is 24.0 Å². The third kappa shape index (κ3) is 6.32. The van der Waals surface area contributed by atoms with Crippen LogP contribution in [0.5, 0.6) is 5.75 Å². The number of methoxy groups -OCH3 is 1. The van der Waals surface area contributed by atoms with Crippen molar-refractivity contribution < 1.29 is 27.9 Å². The number of oxazole rings is 1. The molecule has 0 radical (unpaired) electrons. The molecule has 178 valence electrons. The molecule has 1 amide bonds. The van der Waals surface area contributed by atoms with Crippen molar-refractivity contribution >= 4 is 17.6 Å². The van der Waals surface area contributed by atoms with Crippen LogP contribution in [0.3, 0.4) is 0 Å². The summed E-state index contributed by atoms with van der Waals surface area (Å²) in [7, 11) is 1.56. The number of rotatable bonds is 9. The molecule has 1 unspecified atom stereocenters. The largest absolute Gasteiger partial charge is 0.497 e. The predicted molar refractivity (Wildman–Crippen MR) is 127 cm³/mol. The molecule has 0 saturated heterocycles. The smallest absolute Gasteiger partial charge is 0.307 e. The number of carbonyl (C=O) groups excluding carboxylic acids is 2. The summed E-state index contributed by atoms with van der Waals surface area (Å²) >= 11 is 0. The van der Waals surface area contributed by atoms with Gasteiger partial charge in [-0.25, -0.2) is 9.37 Å². The van der Waals surface area contributed by atoms with Crippen molar-refractivity contribution in [2.24, 2.45) is 0 Å². The molecule has 0 fully saturated rings. The maximum atomic E-state index is 13.1. The average Bonchev–Trinajstić information content (AvgIpc) is 3.36. The number of esters is 1. The third-order valence-corrected chi connectivity index (χ3v) is 5.17. The highest BCUT2D eigenvalue weighted by molar-refractivity contribution is 5.96. The summed E-state index contributed by atoms with van der Waals surface area (Å²) < 4.78 is 29.5. The number of nitrogens with zero attached hydrogens (tertiary/aromatic N) is 1. The van der Waals surface area contributed by atoms with Crippen LogP contribution in [0.1, 0.15) is 24.0 Å². The van der Waals surface area contributed by atoms with E-state index < -0.39 is 18.0 Å². The quantitative estimate of drug-likeness (QED) is 0.329. The van der Waals surface area contributed by atoms with Crippen LogP contribution in [0.15, 0.2) is 89.5 Å². The van der Waals surface area contributed by atoms with E-state index in [1.807, 2.05) is 6.07 Å². The van der Waals surface area contributed by atoms with E-state index in [1.165, 1.54) is 18.3 Å². The van der Waals surface area contributed by atoms with E-state index >= 15 is 0 Å². The highest BCUT2D eigenvalue weighted by Crippen LogP contribution is 2.24. The molecule has 35 heavy (non-hydrogen) atoms. The van der Waals surface area contributed by atoms with Gasteiger partial charge in [0.1, 0.15) is 11.6 Å². The normalized spacial score (nSPS) is 11.5. The summed E-state index contributed by atoms with van der Waals surface area (Å²) in [5.41, 5.74) is 1.76. The van der Waals surface area contributed by atoms with E-state index in [9.17, 15) is 14.0 Å².